The van der Waals surface area contributed by atoms with Crippen LogP contribution >= 0.6 is 0 Å². The van der Waals surface area contributed by atoms with E-state index < -0.39 is 5.56 Å². The lowest BCUT2D eigenvalue weighted by Gasteiger charge is -2.19. The fraction of sp³-hybridized carbons (Fsp3) is 0.281. The number of benzene rings is 2. The summed E-state index contributed by atoms with van der Waals surface area (Å²) < 4.78 is 22.1. The van der Waals surface area contributed by atoms with E-state index in [9.17, 15) is 9.90 Å². The summed E-state index contributed by atoms with van der Waals surface area (Å²) in [7, 11) is 4.49. The molecule has 0 saturated heterocycles. The number of nitrogens with one attached hydrogen (secondary N) is 1. The third-order valence-electron chi connectivity index (χ3n) is 6.16. The zero-order valence-corrected chi connectivity index (χ0v) is 24.2. The molecule has 0 saturated carbocycles. The summed E-state index contributed by atoms with van der Waals surface area (Å²) in [5, 5.41) is 11.3. The summed E-state index contributed by atoms with van der Waals surface area (Å²) in [5.41, 5.74) is 2.78. The molecule has 0 amide bonds. The summed E-state index contributed by atoms with van der Waals surface area (Å²) in [6.45, 7) is 8.80. The van der Waals surface area contributed by atoms with E-state index in [1.54, 1.807) is 18.2 Å². The topological polar surface area (TPSA) is 115 Å². The molecule has 0 spiro atoms. The van der Waals surface area contributed by atoms with Crippen LogP contribution in [0.4, 0.5) is 0 Å². The zero-order chi connectivity index (χ0) is 29.8. The Labute approximate surface area is 240 Å². The van der Waals surface area contributed by atoms with Gasteiger partial charge in [0.2, 0.25) is 5.90 Å². The van der Waals surface area contributed by atoms with Crippen LogP contribution < -0.4 is 15.0 Å². The fourth-order valence-corrected chi connectivity index (χ4v) is 4.10. The van der Waals surface area contributed by atoms with Crippen LogP contribution in [-0.4, -0.2) is 56.1 Å². The maximum atomic E-state index is 12.9. The molecule has 1 aromatic heterocycles. The lowest BCUT2D eigenvalue weighted by atomic mass is 9.98. The highest BCUT2D eigenvalue weighted by molar-refractivity contribution is 6.09. The lowest BCUT2D eigenvalue weighted by Crippen LogP contribution is -2.23. The molecule has 41 heavy (non-hydrogen) atoms. The number of H-pyrrole nitrogens is 1. The van der Waals surface area contributed by atoms with Gasteiger partial charge in [0.05, 0.1) is 55.7 Å². The SMILES string of the molecule is C1=CC(c2ccccc2)=NC1.C=C(CC)OC(=NC)c1c(O)c(-c2c(OC)cccc2OC)c(COCC)[nH]c1=O. The first-order chi connectivity index (χ1) is 19.9. The van der Waals surface area contributed by atoms with Gasteiger partial charge in [0.15, 0.2) is 0 Å². The third kappa shape index (κ3) is 7.52. The van der Waals surface area contributed by atoms with Crippen LogP contribution in [0.15, 0.2) is 87.8 Å². The van der Waals surface area contributed by atoms with Crippen molar-refractivity contribution < 1.29 is 24.1 Å². The van der Waals surface area contributed by atoms with Crippen molar-refractivity contribution in [2.75, 3.05) is 34.4 Å². The number of rotatable bonds is 10. The van der Waals surface area contributed by atoms with Crippen LogP contribution in [0.1, 0.15) is 37.1 Å². The van der Waals surface area contributed by atoms with Crippen molar-refractivity contribution in [3.63, 3.8) is 0 Å². The van der Waals surface area contributed by atoms with Crippen LogP contribution in [0, 0.1) is 0 Å². The van der Waals surface area contributed by atoms with Crippen molar-refractivity contribution in [1.29, 1.82) is 0 Å². The van der Waals surface area contributed by atoms with E-state index in [2.05, 4.69) is 45.8 Å². The van der Waals surface area contributed by atoms with E-state index in [0.717, 1.165) is 12.3 Å². The van der Waals surface area contributed by atoms with Crippen molar-refractivity contribution in [2.24, 2.45) is 9.98 Å². The minimum absolute atomic E-state index is 0.0429. The molecule has 4 rings (SSSR count). The van der Waals surface area contributed by atoms with Crippen molar-refractivity contribution >= 4 is 11.6 Å². The van der Waals surface area contributed by atoms with Gasteiger partial charge >= 0.3 is 0 Å². The van der Waals surface area contributed by atoms with E-state index >= 15 is 0 Å². The number of aromatic hydroxyl groups is 1. The molecule has 3 aromatic rings. The monoisotopic (exact) mass is 559 g/mol. The number of nitrogens with zero attached hydrogens (tertiary/aromatic N) is 2. The van der Waals surface area contributed by atoms with Gasteiger partial charge in [-0.1, -0.05) is 56.0 Å². The average molecular weight is 560 g/mol. The first-order valence-corrected chi connectivity index (χ1v) is 13.3. The Kier molecular flexibility index (Phi) is 11.5. The minimum Gasteiger partial charge on any atom is -0.506 e. The molecular weight excluding hydrogens is 522 g/mol. The molecule has 0 radical (unpaired) electrons. The van der Waals surface area contributed by atoms with Gasteiger partial charge < -0.3 is 29.0 Å². The number of aromatic amines is 1. The second-order valence-corrected chi connectivity index (χ2v) is 8.72. The Bertz CT molecular complexity index is 1470. The summed E-state index contributed by atoms with van der Waals surface area (Å²) in [6.07, 6.45) is 4.66. The first kappa shape index (κ1) is 30.9. The molecule has 9 heteroatoms. The Morgan fingerprint density at radius 1 is 1.05 bits per heavy atom. The highest BCUT2D eigenvalue weighted by Crippen LogP contribution is 2.44. The maximum Gasteiger partial charge on any atom is 0.264 e. The largest absolute Gasteiger partial charge is 0.506 e. The van der Waals surface area contributed by atoms with Gasteiger partial charge in [0.1, 0.15) is 22.8 Å². The molecule has 0 atom stereocenters. The number of allylic oxidation sites excluding steroid dienone is 2. The van der Waals surface area contributed by atoms with Crippen molar-refractivity contribution in [1.82, 2.24) is 4.98 Å². The second kappa shape index (κ2) is 15.2. The molecule has 0 aliphatic carbocycles. The van der Waals surface area contributed by atoms with Gasteiger partial charge in [-0.15, -0.1) is 0 Å². The van der Waals surface area contributed by atoms with Crippen molar-refractivity contribution in [3.8, 4) is 28.4 Å². The molecule has 0 unspecified atom stereocenters. The summed E-state index contributed by atoms with van der Waals surface area (Å²) >= 11 is 0. The van der Waals surface area contributed by atoms with E-state index in [0.29, 0.717) is 47.1 Å². The van der Waals surface area contributed by atoms with Gasteiger partial charge in [0.25, 0.3) is 5.56 Å². The lowest BCUT2D eigenvalue weighted by molar-refractivity contribution is 0.131. The van der Waals surface area contributed by atoms with Crippen LogP contribution in [0.2, 0.25) is 0 Å². The predicted molar refractivity (Wildman–Crippen MR) is 163 cm³/mol. The van der Waals surface area contributed by atoms with Crippen molar-refractivity contribution in [2.45, 2.75) is 26.9 Å². The Morgan fingerprint density at radius 2 is 1.73 bits per heavy atom. The van der Waals surface area contributed by atoms with Crippen LogP contribution in [0.3, 0.4) is 0 Å². The third-order valence-corrected chi connectivity index (χ3v) is 6.16. The highest BCUT2D eigenvalue weighted by Gasteiger charge is 2.27. The van der Waals surface area contributed by atoms with E-state index in [-0.39, 0.29) is 23.8 Å². The molecule has 216 valence electrons. The molecule has 1 aliphatic heterocycles. The number of hydrogen-bond acceptors (Lipinski definition) is 8. The summed E-state index contributed by atoms with van der Waals surface area (Å²) in [5.74, 6) is 0.951. The molecule has 2 N–H and O–H groups in total. The van der Waals surface area contributed by atoms with Gasteiger partial charge in [-0.05, 0) is 30.7 Å². The smallest absolute Gasteiger partial charge is 0.264 e. The molecule has 9 nitrogen and oxygen atoms in total. The molecule has 2 heterocycles. The van der Waals surface area contributed by atoms with Crippen LogP contribution in [0.5, 0.6) is 17.2 Å². The Hall–Kier alpha value is -4.63. The predicted octanol–water partition coefficient (Wildman–Crippen LogP) is 5.66. The average Bonchev–Trinajstić information content (AvgIpc) is 3.55. The van der Waals surface area contributed by atoms with E-state index in [1.165, 1.54) is 26.8 Å². The molecule has 0 fully saturated rings. The number of ether oxygens (including phenoxy) is 4. The van der Waals surface area contributed by atoms with E-state index in [4.69, 9.17) is 18.9 Å². The normalized spacial score (nSPS) is 12.3. The molecular formula is C32H37N3O6. The van der Waals surface area contributed by atoms with Gasteiger partial charge in [-0.25, -0.2) is 0 Å². The Balaban J connectivity index is 0.000000346. The standard InChI is InChI=1S/C22H28N2O6.C10H9N/c1-7-13(3)30-22(23-4)19-20(25)17(14(12-29-8-2)24-21(19)26)18-15(27-5)10-9-11-16(18)28-6;1-2-5-9(6-3-1)10-7-4-8-11-10/h9-11H,3,7-8,12H2,1-2,4-6H3,(H2,24,25,26);1-7H,8H2. The fourth-order valence-electron chi connectivity index (χ4n) is 4.10. The van der Waals surface area contributed by atoms with Crippen LogP contribution in [0.25, 0.3) is 11.1 Å². The van der Waals surface area contributed by atoms with Crippen LogP contribution in [-0.2, 0) is 16.1 Å². The number of methoxy groups -OCH3 is 2. The number of aromatic nitrogens is 1. The highest BCUT2D eigenvalue weighted by atomic mass is 16.5. The Morgan fingerprint density at radius 3 is 2.27 bits per heavy atom. The van der Waals surface area contributed by atoms with E-state index in [1.807, 2.05) is 32.0 Å². The molecule has 1 aliphatic rings. The van der Waals surface area contributed by atoms with Gasteiger partial charge in [-0.2, -0.15) is 0 Å². The number of hydrogen-bond donors (Lipinski definition) is 2. The molecule has 0 bridgehead atoms. The van der Waals surface area contributed by atoms with Crippen molar-refractivity contribution in [3.05, 3.63) is 100 Å². The summed E-state index contributed by atoms with van der Waals surface area (Å²) in [4.78, 5) is 24.0. The van der Waals surface area contributed by atoms with Gasteiger partial charge in [-0.3, -0.25) is 14.8 Å². The number of aliphatic imine (C=N–C) groups is 2. The quantitative estimate of drug-likeness (QED) is 0.188. The first-order valence-electron chi connectivity index (χ1n) is 13.3. The summed E-state index contributed by atoms with van der Waals surface area (Å²) in [6, 6.07) is 15.5. The zero-order valence-electron chi connectivity index (χ0n) is 24.2. The van der Waals surface area contributed by atoms with Gasteiger partial charge in [0, 0.05) is 20.1 Å². The maximum absolute atomic E-state index is 12.9. The molecule has 2 aromatic carbocycles. The minimum atomic E-state index is -0.565. The number of pyridine rings is 1. The second-order valence-electron chi connectivity index (χ2n) is 8.72.